The van der Waals surface area contributed by atoms with E-state index in [-0.39, 0.29) is 0 Å². The van der Waals surface area contributed by atoms with Gasteiger partial charge in [-0.2, -0.15) is 11.3 Å². The summed E-state index contributed by atoms with van der Waals surface area (Å²) in [5.74, 6) is 0.884. The van der Waals surface area contributed by atoms with Gasteiger partial charge in [-0.15, -0.1) is 0 Å². The van der Waals surface area contributed by atoms with E-state index in [0.29, 0.717) is 0 Å². The van der Waals surface area contributed by atoms with Gasteiger partial charge < -0.3 is 5.32 Å². The van der Waals surface area contributed by atoms with Crippen molar-refractivity contribution >= 4 is 17.3 Å². The van der Waals surface area contributed by atoms with Crippen LogP contribution in [0.15, 0.2) is 53.4 Å². The Hall–Kier alpha value is -2.07. The number of aryl methyl sites for hydroxylation is 1. The van der Waals surface area contributed by atoms with E-state index in [2.05, 4.69) is 43.8 Å². The molecule has 19 heavy (non-hydrogen) atoms. The number of aromatic nitrogens is 2. The lowest BCUT2D eigenvalue weighted by Crippen LogP contribution is -2.05. The minimum Gasteiger partial charge on any atom is -0.351 e. The van der Waals surface area contributed by atoms with Crippen LogP contribution in [-0.4, -0.2) is 9.55 Å². The van der Waals surface area contributed by atoms with Gasteiger partial charge in [0.1, 0.15) is 0 Å². The third kappa shape index (κ3) is 2.69. The van der Waals surface area contributed by atoms with Crippen LogP contribution in [0.4, 0.5) is 5.95 Å². The van der Waals surface area contributed by atoms with E-state index in [9.17, 15) is 0 Å². The molecule has 3 rings (SSSR count). The number of rotatable bonds is 4. The summed E-state index contributed by atoms with van der Waals surface area (Å²) in [7, 11) is 0. The Morgan fingerprint density at radius 2 is 2.05 bits per heavy atom. The molecular weight excluding hydrogens is 254 g/mol. The van der Waals surface area contributed by atoms with Gasteiger partial charge in [0, 0.05) is 18.4 Å². The number of para-hydroxylation sites is 1. The van der Waals surface area contributed by atoms with Gasteiger partial charge in [0.05, 0.1) is 5.69 Å². The molecule has 0 aliphatic rings. The molecule has 0 atom stereocenters. The first kappa shape index (κ1) is 12.0. The van der Waals surface area contributed by atoms with Gasteiger partial charge in [-0.25, -0.2) is 4.98 Å². The van der Waals surface area contributed by atoms with E-state index in [1.807, 2.05) is 31.3 Å². The summed E-state index contributed by atoms with van der Waals surface area (Å²) in [5, 5.41) is 7.63. The highest BCUT2D eigenvalue weighted by molar-refractivity contribution is 7.07. The second-order valence-electron chi connectivity index (χ2n) is 4.40. The first-order chi connectivity index (χ1) is 9.33. The Bertz CT molecular complexity index is 641. The first-order valence-corrected chi connectivity index (χ1v) is 7.13. The number of nitrogens with zero attached hydrogens (tertiary/aromatic N) is 2. The van der Waals surface area contributed by atoms with Crippen molar-refractivity contribution in [2.24, 2.45) is 0 Å². The highest BCUT2D eigenvalue weighted by atomic mass is 32.1. The Morgan fingerprint density at radius 3 is 2.79 bits per heavy atom. The molecule has 0 saturated heterocycles. The fourth-order valence-corrected chi connectivity index (χ4v) is 2.65. The number of benzene rings is 1. The smallest absolute Gasteiger partial charge is 0.208 e. The van der Waals surface area contributed by atoms with Crippen LogP contribution in [-0.2, 0) is 6.54 Å². The average Bonchev–Trinajstić information content (AvgIpc) is 3.06. The number of hydrogen-bond acceptors (Lipinski definition) is 3. The van der Waals surface area contributed by atoms with E-state index < -0.39 is 0 Å². The van der Waals surface area contributed by atoms with Crippen molar-refractivity contribution in [2.45, 2.75) is 13.5 Å². The lowest BCUT2D eigenvalue weighted by molar-refractivity contribution is 1.01. The van der Waals surface area contributed by atoms with E-state index in [1.54, 1.807) is 11.3 Å². The standard InChI is InChI=1S/C15H15N3S/c1-12-10-18(14-5-3-2-4-6-14)15(17-12)16-9-13-7-8-19-11-13/h2-8,10-11H,9H2,1H3,(H,16,17). The molecule has 0 aliphatic heterocycles. The van der Waals surface area contributed by atoms with Crippen LogP contribution < -0.4 is 5.32 Å². The van der Waals surface area contributed by atoms with Crippen LogP contribution in [0.2, 0.25) is 0 Å². The van der Waals surface area contributed by atoms with E-state index in [1.165, 1.54) is 5.56 Å². The first-order valence-electron chi connectivity index (χ1n) is 6.19. The van der Waals surface area contributed by atoms with Crippen molar-refractivity contribution in [1.29, 1.82) is 0 Å². The lowest BCUT2D eigenvalue weighted by atomic mass is 10.3. The Morgan fingerprint density at radius 1 is 1.21 bits per heavy atom. The molecule has 4 heteroatoms. The molecule has 1 aromatic carbocycles. The van der Waals surface area contributed by atoms with Gasteiger partial charge in [-0.3, -0.25) is 4.57 Å². The summed E-state index contributed by atoms with van der Waals surface area (Å²) in [5.41, 5.74) is 3.41. The quantitative estimate of drug-likeness (QED) is 0.779. The van der Waals surface area contributed by atoms with Crippen molar-refractivity contribution in [3.63, 3.8) is 0 Å². The molecule has 0 fully saturated rings. The minimum absolute atomic E-state index is 0.798. The van der Waals surface area contributed by atoms with Gasteiger partial charge in [0.25, 0.3) is 0 Å². The average molecular weight is 269 g/mol. The van der Waals surface area contributed by atoms with Crippen molar-refractivity contribution in [3.8, 4) is 5.69 Å². The molecule has 0 aliphatic carbocycles. The highest BCUT2D eigenvalue weighted by Crippen LogP contribution is 2.17. The summed E-state index contributed by atoms with van der Waals surface area (Å²) in [6.07, 6.45) is 2.05. The topological polar surface area (TPSA) is 29.9 Å². The molecule has 3 aromatic rings. The van der Waals surface area contributed by atoms with Crippen molar-refractivity contribution in [1.82, 2.24) is 9.55 Å². The molecular formula is C15H15N3S. The van der Waals surface area contributed by atoms with Crippen LogP contribution in [0, 0.1) is 6.92 Å². The largest absolute Gasteiger partial charge is 0.351 e. The predicted molar refractivity (Wildman–Crippen MR) is 79.9 cm³/mol. The second-order valence-corrected chi connectivity index (χ2v) is 5.18. The number of hydrogen-bond donors (Lipinski definition) is 1. The maximum Gasteiger partial charge on any atom is 0.208 e. The second kappa shape index (κ2) is 5.28. The zero-order valence-corrected chi connectivity index (χ0v) is 11.5. The summed E-state index contributed by atoms with van der Waals surface area (Å²) in [4.78, 5) is 4.54. The van der Waals surface area contributed by atoms with E-state index in [4.69, 9.17) is 0 Å². The van der Waals surface area contributed by atoms with Crippen molar-refractivity contribution in [2.75, 3.05) is 5.32 Å². The number of nitrogens with one attached hydrogen (secondary N) is 1. The van der Waals surface area contributed by atoms with Gasteiger partial charge in [-0.05, 0) is 41.4 Å². The monoisotopic (exact) mass is 269 g/mol. The van der Waals surface area contributed by atoms with Crippen molar-refractivity contribution in [3.05, 3.63) is 64.6 Å². The molecule has 3 nitrogen and oxygen atoms in total. The molecule has 0 bridgehead atoms. The highest BCUT2D eigenvalue weighted by Gasteiger charge is 2.06. The zero-order valence-electron chi connectivity index (χ0n) is 10.7. The van der Waals surface area contributed by atoms with Crippen LogP contribution in [0.25, 0.3) is 5.69 Å². The Balaban J connectivity index is 1.85. The van der Waals surface area contributed by atoms with Gasteiger partial charge in [0.2, 0.25) is 5.95 Å². The van der Waals surface area contributed by atoms with E-state index in [0.717, 1.165) is 23.9 Å². The summed E-state index contributed by atoms with van der Waals surface area (Å²) >= 11 is 1.71. The van der Waals surface area contributed by atoms with Crippen LogP contribution in [0.5, 0.6) is 0 Å². The summed E-state index contributed by atoms with van der Waals surface area (Å²) in [6.45, 7) is 2.81. The fraction of sp³-hybridized carbons (Fsp3) is 0.133. The van der Waals surface area contributed by atoms with Crippen LogP contribution in [0.1, 0.15) is 11.3 Å². The third-order valence-corrected chi connectivity index (χ3v) is 3.62. The number of imidazole rings is 1. The molecule has 0 spiro atoms. The molecule has 0 saturated carbocycles. The van der Waals surface area contributed by atoms with Gasteiger partial charge in [0.15, 0.2) is 0 Å². The minimum atomic E-state index is 0.798. The SMILES string of the molecule is Cc1cn(-c2ccccc2)c(NCc2ccsc2)n1. The summed E-state index contributed by atoms with van der Waals surface area (Å²) < 4.78 is 2.09. The van der Waals surface area contributed by atoms with Gasteiger partial charge >= 0.3 is 0 Å². The van der Waals surface area contributed by atoms with Crippen LogP contribution in [0.3, 0.4) is 0 Å². The normalized spacial score (nSPS) is 10.6. The van der Waals surface area contributed by atoms with Crippen LogP contribution >= 0.6 is 11.3 Å². The third-order valence-electron chi connectivity index (χ3n) is 2.89. The lowest BCUT2D eigenvalue weighted by Gasteiger charge is -2.08. The molecule has 0 unspecified atom stereocenters. The summed E-state index contributed by atoms with van der Waals surface area (Å²) in [6, 6.07) is 12.4. The molecule has 1 N–H and O–H groups in total. The maximum absolute atomic E-state index is 4.54. The molecule has 2 aromatic heterocycles. The van der Waals surface area contributed by atoms with Crippen molar-refractivity contribution < 1.29 is 0 Å². The maximum atomic E-state index is 4.54. The fourth-order valence-electron chi connectivity index (χ4n) is 1.98. The Labute approximate surface area is 116 Å². The molecule has 0 radical (unpaired) electrons. The molecule has 96 valence electrons. The number of anilines is 1. The predicted octanol–water partition coefficient (Wildman–Crippen LogP) is 3.85. The van der Waals surface area contributed by atoms with E-state index >= 15 is 0 Å². The zero-order chi connectivity index (χ0) is 13.1. The molecule has 0 amide bonds. The van der Waals surface area contributed by atoms with Gasteiger partial charge in [-0.1, -0.05) is 18.2 Å². The molecule has 2 heterocycles. The number of thiophene rings is 1. The Kier molecular flexibility index (Phi) is 3.33.